The molecule has 2 rings (SSSR count). The van der Waals surface area contributed by atoms with Crippen LogP contribution in [0.1, 0.15) is 24.4 Å². The summed E-state index contributed by atoms with van der Waals surface area (Å²) in [6, 6.07) is 6.72. The van der Waals surface area contributed by atoms with Gasteiger partial charge in [0, 0.05) is 6.04 Å². The lowest BCUT2D eigenvalue weighted by Gasteiger charge is -2.24. The topological polar surface area (TPSA) is 72.4 Å². The number of nitrogens with two attached hydrogens (primary N) is 1. The first kappa shape index (κ1) is 12.2. The number of hydrogen-bond donors (Lipinski definition) is 1. The van der Waals surface area contributed by atoms with E-state index >= 15 is 0 Å². The lowest BCUT2D eigenvalue weighted by atomic mass is 10.2. The van der Waals surface area contributed by atoms with Crippen molar-refractivity contribution in [2.24, 2.45) is 0 Å². The number of aromatic nitrogens is 1. The Morgan fingerprint density at radius 3 is 2.67 bits per heavy atom. The summed E-state index contributed by atoms with van der Waals surface area (Å²) < 4.78 is 5.13. The number of nitrogen functional groups attached to an aromatic ring is 1. The molecule has 2 heterocycles. The number of rotatable bonds is 3. The van der Waals surface area contributed by atoms with E-state index in [9.17, 15) is 4.79 Å². The molecule has 0 atom stereocenters. The van der Waals surface area contributed by atoms with Crippen LogP contribution < -0.4 is 10.6 Å². The van der Waals surface area contributed by atoms with E-state index in [0.29, 0.717) is 17.3 Å². The van der Waals surface area contributed by atoms with Gasteiger partial charge >= 0.3 is 0 Å². The second kappa shape index (κ2) is 4.91. The highest BCUT2D eigenvalue weighted by Crippen LogP contribution is 2.18. The van der Waals surface area contributed by atoms with Gasteiger partial charge in [0.05, 0.1) is 18.1 Å². The molecular weight excluding hydrogens is 230 g/mol. The number of hydrogen-bond acceptors (Lipinski definition) is 4. The Hall–Kier alpha value is -2.30. The molecular formula is C13H15N3O2. The van der Waals surface area contributed by atoms with Crippen molar-refractivity contribution in [3.63, 3.8) is 0 Å². The van der Waals surface area contributed by atoms with Crippen molar-refractivity contribution >= 4 is 17.4 Å². The molecule has 0 aliphatic carbocycles. The Kier molecular flexibility index (Phi) is 3.32. The first-order chi connectivity index (χ1) is 8.59. The third-order valence-electron chi connectivity index (χ3n) is 2.48. The van der Waals surface area contributed by atoms with Crippen LogP contribution in [-0.2, 0) is 0 Å². The van der Waals surface area contributed by atoms with E-state index in [2.05, 4.69) is 4.98 Å². The van der Waals surface area contributed by atoms with Crippen LogP contribution in [0.25, 0.3) is 0 Å². The van der Waals surface area contributed by atoms with Crippen LogP contribution in [-0.4, -0.2) is 16.9 Å². The Morgan fingerprint density at radius 2 is 2.17 bits per heavy atom. The van der Waals surface area contributed by atoms with Crippen LogP contribution in [0, 0.1) is 0 Å². The monoisotopic (exact) mass is 245 g/mol. The van der Waals surface area contributed by atoms with Crippen LogP contribution >= 0.6 is 0 Å². The van der Waals surface area contributed by atoms with E-state index in [1.165, 1.54) is 12.5 Å². The summed E-state index contributed by atoms with van der Waals surface area (Å²) in [7, 11) is 0. The van der Waals surface area contributed by atoms with Gasteiger partial charge in [-0.25, -0.2) is 4.98 Å². The van der Waals surface area contributed by atoms with Gasteiger partial charge in [0.2, 0.25) is 0 Å². The minimum atomic E-state index is -0.215. The molecule has 0 bridgehead atoms. The molecule has 2 aromatic rings. The number of carbonyl (C=O) groups is 1. The molecule has 1 amide bonds. The van der Waals surface area contributed by atoms with Crippen LogP contribution in [0.3, 0.4) is 0 Å². The summed E-state index contributed by atoms with van der Waals surface area (Å²) in [5.74, 6) is 0.634. The zero-order chi connectivity index (χ0) is 13.1. The Labute approximate surface area is 105 Å². The van der Waals surface area contributed by atoms with Gasteiger partial charge in [0.15, 0.2) is 5.76 Å². The zero-order valence-electron chi connectivity index (χ0n) is 10.3. The SMILES string of the molecule is CC(C)N(C(=O)c1ccco1)c1ccc(N)cn1. The Morgan fingerprint density at radius 1 is 1.39 bits per heavy atom. The van der Waals surface area contributed by atoms with Crippen LogP contribution in [0.4, 0.5) is 11.5 Å². The third kappa shape index (κ3) is 2.34. The van der Waals surface area contributed by atoms with Crippen molar-refractivity contribution in [3.05, 3.63) is 42.5 Å². The molecule has 0 aliphatic heterocycles. The maximum Gasteiger partial charge on any atom is 0.295 e. The molecule has 5 nitrogen and oxygen atoms in total. The van der Waals surface area contributed by atoms with E-state index < -0.39 is 0 Å². The molecule has 0 saturated heterocycles. The number of furan rings is 1. The Balaban J connectivity index is 2.34. The second-order valence-corrected chi connectivity index (χ2v) is 4.20. The fraction of sp³-hybridized carbons (Fsp3) is 0.231. The highest BCUT2D eigenvalue weighted by Gasteiger charge is 2.23. The van der Waals surface area contributed by atoms with Crippen molar-refractivity contribution in [1.82, 2.24) is 4.98 Å². The van der Waals surface area contributed by atoms with Gasteiger partial charge < -0.3 is 10.2 Å². The lowest BCUT2D eigenvalue weighted by molar-refractivity contribution is 0.0952. The van der Waals surface area contributed by atoms with E-state index in [1.54, 1.807) is 29.2 Å². The first-order valence-electron chi connectivity index (χ1n) is 5.68. The molecule has 5 heteroatoms. The summed E-state index contributed by atoms with van der Waals surface area (Å²) >= 11 is 0. The fourth-order valence-electron chi connectivity index (χ4n) is 1.66. The summed E-state index contributed by atoms with van der Waals surface area (Å²) in [6.07, 6.45) is 3.00. The van der Waals surface area contributed by atoms with E-state index in [0.717, 1.165) is 0 Å². The molecule has 94 valence electrons. The summed E-state index contributed by atoms with van der Waals surface area (Å²) in [5.41, 5.74) is 6.15. The fourth-order valence-corrected chi connectivity index (χ4v) is 1.66. The van der Waals surface area contributed by atoms with Gasteiger partial charge in [-0.2, -0.15) is 0 Å². The zero-order valence-corrected chi connectivity index (χ0v) is 10.3. The Bertz CT molecular complexity index is 518. The second-order valence-electron chi connectivity index (χ2n) is 4.20. The van der Waals surface area contributed by atoms with Gasteiger partial charge in [-0.15, -0.1) is 0 Å². The van der Waals surface area contributed by atoms with Crippen molar-refractivity contribution in [3.8, 4) is 0 Å². The van der Waals surface area contributed by atoms with Crippen LogP contribution in [0.5, 0.6) is 0 Å². The van der Waals surface area contributed by atoms with Gasteiger partial charge in [0.1, 0.15) is 5.82 Å². The molecule has 2 aromatic heterocycles. The number of anilines is 2. The lowest BCUT2D eigenvalue weighted by Crippen LogP contribution is -2.37. The first-order valence-corrected chi connectivity index (χ1v) is 5.68. The average molecular weight is 245 g/mol. The maximum absolute atomic E-state index is 12.3. The minimum absolute atomic E-state index is 0.0290. The normalized spacial score (nSPS) is 10.6. The van der Waals surface area contributed by atoms with Crippen molar-refractivity contribution in [2.45, 2.75) is 19.9 Å². The maximum atomic E-state index is 12.3. The van der Waals surface area contributed by atoms with E-state index in [1.807, 2.05) is 13.8 Å². The summed E-state index contributed by atoms with van der Waals surface area (Å²) in [4.78, 5) is 18.0. The number of nitrogens with zero attached hydrogens (tertiary/aromatic N) is 2. The number of carbonyl (C=O) groups excluding carboxylic acids is 1. The average Bonchev–Trinajstić information content (AvgIpc) is 2.85. The smallest absolute Gasteiger partial charge is 0.295 e. The van der Waals surface area contributed by atoms with Gasteiger partial charge in [-0.1, -0.05) is 0 Å². The van der Waals surface area contributed by atoms with Crippen molar-refractivity contribution in [2.75, 3.05) is 10.6 Å². The van der Waals surface area contributed by atoms with Crippen molar-refractivity contribution < 1.29 is 9.21 Å². The number of pyridine rings is 1. The van der Waals surface area contributed by atoms with Crippen LogP contribution in [0.2, 0.25) is 0 Å². The quantitative estimate of drug-likeness (QED) is 0.900. The molecule has 0 unspecified atom stereocenters. The van der Waals surface area contributed by atoms with E-state index in [4.69, 9.17) is 10.2 Å². The minimum Gasteiger partial charge on any atom is -0.459 e. The van der Waals surface area contributed by atoms with Crippen LogP contribution in [0.15, 0.2) is 41.1 Å². The van der Waals surface area contributed by atoms with E-state index in [-0.39, 0.29) is 11.9 Å². The molecule has 0 spiro atoms. The molecule has 0 aliphatic rings. The molecule has 18 heavy (non-hydrogen) atoms. The molecule has 0 fully saturated rings. The third-order valence-corrected chi connectivity index (χ3v) is 2.48. The summed E-state index contributed by atoms with van der Waals surface area (Å²) in [5, 5.41) is 0. The summed E-state index contributed by atoms with van der Waals surface area (Å²) in [6.45, 7) is 3.83. The highest BCUT2D eigenvalue weighted by molar-refractivity contribution is 6.03. The highest BCUT2D eigenvalue weighted by atomic mass is 16.3. The van der Waals surface area contributed by atoms with Crippen molar-refractivity contribution in [1.29, 1.82) is 0 Å². The molecule has 2 N–H and O–H groups in total. The number of amides is 1. The van der Waals surface area contributed by atoms with Gasteiger partial charge in [0.25, 0.3) is 5.91 Å². The predicted molar refractivity (Wildman–Crippen MR) is 69.3 cm³/mol. The molecule has 0 saturated carbocycles. The predicted octanol–water partition coefficient (Wildman–Crippen LogP) is 2.31. The molecule has 0 aromatic carbocycles. The standard InChI is InChI=1S/C13H15N3O2/c1-9(2)16(12-6-5-10(14)8-15-12)13(17)11-4-3-7-18-11/h3-9H,14H2,1-2H3. The van der Waals surface area contributed by atoms with Gasteiger partial charge in [-0.3, -0.25) is 9.69 Å². The largest absolute Gasteiger partial charge is 0.459 e. The van der Waals surface area contributed by atoms with Gasteiger partial charge in [-0.05, 0) is 38.1 Å². The molecule has 0 radical (unpaired) electrons.